The number of aromatic nitrogens is 1. The Morgan fingerprint density at radius 1 is 1.24 bits per heavy atom. The fourth-order valence-corrected chi connectivity index (χ4v) is 2.09. The Kier molecular flexibility index (Phi) is 3.58. The van der Waals surface area contributed by atoms with Gasteiger partial charge in [-0.15, -0.1) is 11.3 Å². The molecule has 0 aliphatic rings. The van der Waals surface area contributed by atoms with Crippen molar-refractivity contribution in [2.24, 2.45) is 0 Å². The van der Waals surface area contributed by atoms with Crippen LogP contribution in [0.5, 0.6) is 0 Å². The summed E-state index contributed by atoms with van der Waals surface area (Å²) >= 11 is 1.40. The lowest BCUT2D eigenvalue weighted by Crippen LogP contribution is -2.06. The fourth-order valence-electron chi connectivity index (χ4n) is 1.45. The summed E-state index contributed by atoms with van der Waals surface area (Å²) in [5.74, 6) is -1.89. The van der Waals surface area contributed by atoms with E-state index < -0.39 is 11.6 Å². The molecule has 0 N–H and O–H groups in total. The van der Waals surface area contributed by atoms with E-state index in [1.807, 2.05) is 0 Å². The molecule has 0 unspecified atom stereocenters. The van der Waals surface area contributed by atoms with Gasteiger partial charge in [0.05, 0.1) is 11.4 Å². The third-order valence-electron chi connectivity index (χ3n) is 2.22. The van der Waals surface area contributed by atoms with Crippen LogP contribution in [-0.2, 0) is 17.6 Å². The molecular weight excluding hydrogens is 244 g/mol. The van der Waals surface area contributed by atoms with Gasteiger partial charge in [-0.25, -0.2) is 13.8 Å². The van der Waals surface area contributed by atoms with E-state index in [0.717, 1.165) is 17.1 Å². The quantitative estimate of drug-likeness (QED) is 0.838. The summed E-state index contributed by atoms with van der Waals surface area (Å²) in [5.41, 5.74) is 0.477. The Morgan fingerprint density at radius 3 is 2.71 bits per heavy atom. The zero-order chi connectivity index (χ0) is 12.3. The second kappa shape index (κ2) is 5.14. The Labute approximate surface area is 101 Å². The normalized spacial score (nSPS) is 10.5. The summed E-state index contributed by atoms with van der Waals surface area (Å²) in [7, 11) is 0. The summed E-state index contributed by atoms with van der Waals surface area (Å²) in [5, 5.41) is 2.53. The number of nitrogens with zero attached hydrogens (tertiary/aromatic N) is 1. The lowest BCUT2D eigenvalue weighted by Gasteiger charge is -2.00. The van der Waals surface area contributed by atoms with Crippen molar-refractivity contribution >= 4 is 17.1 Å². The van der Waals surface area contributed by atoms with Crippen LogP contribution in [0.25, 0.3) is 0 Å². The Hall–Kier alpha value is -1.62. The van der Waals surface area contributed by atoms with Gasteiger partial charge in [-0.05, 0) is 17.7 Å². The number of benzene rings is 1. The van der Waals surface area contributed by atoms with Gasteiger partial charge in [-0.3, -0.25) is 4.79 Å². The number of carbonyl (C=O) groups excluding carboxylic acids is 1. The van der Waals surface area contributed by atoms with Crippen LogP contribution in [0.3, 0.4) is 0 Å². The molecule has 17 heavy (non-hydrogen) atoms. The molecule has 0 aliphatic heterocycles. The highest BCUT2D eigenvalue weighted by molar-refractivity contribution is 7.09. The van der Waals surface area contributed by atoms with Gasteiger partial charge in [0.1, 0.15) is 5.78 Å². The fraction of sp³-hybridized carbons (Fsp3) is 0.167. The van der Waals surface area contributed by atoms with Crippen LogP contribution in [0.2, 0.25) is 0 Å². The first-order chi connectivity index (χ1) is 8.15. The third kappa shape index (κ3) is 3.17. The Balaban J connectivity index is 2.00. The number of ketones is 1. The smallest absolute Gasteiger partial charge is 0.159 e. The second-order valence-electron chi connectivity index (χ2n) is 3.57. The zero-order valence-electron chi connectivity index (χ0n) is 8.82. The van der Waals surface area contributed by atoms with Crippen molar-refractivity contribution in [3.05, 3.63) is 52.0 Å². The van der Waals surface area contributed by atoms with Gasteiger partial charge in [-0.2, -0.15) is 0 Å². The maximum atomic E-state index is 12.9. The highest BCUT2D eigenvalue weighted by Gasteiger charge is 2.09. The van der Waals surface area contributed by atoms with Gasteiger partial charge in [0.15, 0.2) is 11.6 Å². The van der Waals surface area contributed by atoms with E-state index in [1.54, 1.807) is 11.6 Å². The van der Waals surface area contributed by atoms with Crippen LogP contribution >= 0.6 is 11.3 Å². The molecule has 2 nitrogen and oxygen atoms in total. The molecule has 1 aromatic carbocycles. The highest BCUT2D eigenvalue weighted by Crippen LogP contribution is 2.11. The van der Waals surface area contributed by atoms with Crippen molar-refractivity contribution in [1.29, 1.82) is 0 Å². The lowest BCUT2D eigenvalue weighted by atomic mass is 10.1. The van der Waals surface area contributed by atoms with Gasteiger partial charge >= 0.3 is 0 Å². The summed E-state index contributed by atoms with van der Waals surface area (Å²) in [6.45, 7) is 0. The molecule has 0 atom stereocenters. The minimum atomic E-state index is -0.926. The van der Waals surface area contributed by atoms with Crippen molar-refractivity contribution in [3.8, 4) is 0 Å². The molecule has 0 fully saturated rings. The molecule has 0 radical (unpaired) electrons. The molecule has 2 rings (SSSR count). The predicted octanol–water partition coefficient (Wildman–Crippen LogP) is 2.78. The minimum absolute atomic E-state index is 0.0639. The van der Waals surface area contributed by atoms with Crippen LogP contribution in [-0.4, -0.2) is 10.8 Å². The molecule has 2 aromatic rings. The van der Waals surface area contributed by atoms with Crippen LogP contribution in [0.15, 0.2) is 29.8 Å². The maximum absolute atomic E-state index is 12.9. The van der Waals surface area contributed by atoms with Gasteiger partial charge in [0.2, 0.25) is 0 Å². The molecule has 5 heteroatoms. The number of halogens is 2. The first-order valence-electron chi connectivity index (χ1n) is 4.99. The molecule has 1 aromatic heterocycles. The molecule has 0 saturated heterocycles. The summed E-state index contributed by atoms with van der Waals surface area (Å²) < 4.78 is 25.6. The molecule has 0 aliphatic carbocycles. The first kappa shape index (κ1) is 11.9. The highest BCUT2D eigenvalue weighted by atomic mass is 32.1. The van der Waals surface area contributed by atoms with Crippen molar-refractivity contribution < 1.29 is 13.6 Å². The molecule has 0 amide bonds. The lowest BCUT2D eigenvalue weighted by molar-refractivity contribution is -0.117. The number of rotatable bonds is 4. The van der Waals surface area contributed by atoms with Gasteiger partial charge in [0.25, 0.3) is 0 Å². The van der Waals surface area contributed by atoms with Crippen molar-refractivity contribution in [1.82, 2.24) is 4.98 Å². The van der Waals surface area contributed by atoms with Gasteiger partial charge < -0.3 is 0 Å². The van der Waals surface area contributed by atoms with Crippen molar-refractivity contribution in [2.45, 2.75) is 12.8 Å². The zero-order valence-corrected chi connectivity index (χ0v) is 9.64. The number of Topliss-reactive ketones (excluding diaryl/α,β-unsaturated/α-hetero) is 1. The van der Waals surface area contributed by atoms with E-state index in [9.17, 15) is 13.6 Å². The van der Waals surface area contributed by atoms with E-state index in [2.05, 4.69) is 4.98 Å². The topological polar surface area (TPSA) is 30.0 Å². The van der Waals surface area contributed by atoms with Gasteiger partial charge in [-0.1, -0.05) is 6.07 Å². The first-order valence-corrected chi connectivity index (χ1v) is 5.87. The number of hydrogen-bond acceptors (Lipinski definition) is 3. The van der Waals surface area contributed by atoms with E-state index in [4.69, 9.17) is 0 Å². The standard InChI is InChI=1S/C12H9F2NOS/c13-10-2-1-8(6-11(10)14)5-9(16)7-12-15-3-4-17-12/h1-4,6H,5,7H2. The maximum Gasteiger partial charge on any atom is 0.159 e. The van der Waals surface area contributed by atoms with E-state index >= 15 is 0 Å². The summed E-state index contributed by atoms with van der Waals surface area (Å²) in [6, 6.07) is 3.49. The average Bonchev–Trinajstić information content (AvgIpc) is 2.76. The predicted molar refractivity (Wildman–Crippen MR) is 60.9 cm³/mol. The molecule has 88 valence electrons. The summed E-state index contributed by atoms with van der Waals surface area (Å²) in [6.07, 6.45) is 1.96. The minimum Gasteiger partial charge on any atom is -0.299 e. The van der Waals surface area contributed by atoms with Gasteiger partial charge in [0, 0.05) is 18.0 Å². The van der Waals surface area contributed by atoms with E-state index in [-0.39, 0.29) is 18.6 Å². The van der Waals surface area contributed by atoms with Crippen LogP contribution in [0, 0.1) is 11.6 Å². The van der Waals surface area contributed by atoms with Crippen LogP contribution in [0.1, 0.15) is 10.6 Å². The van der Waals surface area contributed by atoms with Crippen molar-refractivity contribution in [3.63, 3.8) is 0 Å². The molecule has 0 bridgehead atoms. The molecule has 1 heterocycles. The SMILES string of the molecule is O=C(Cc1ccc(F)c(F)c1)Cc1nccs1. The molecule has 0 spiro atoms. The average molecular weight is 253 g/mol. The van der Waals surface area contributed by atoms with E-state index in [0.29, 0.717) is 5.56 Å². The number of carbonyl (C=O) groups is 1. The molecular formula is C12H9F2NOS. The van der Waals surface area contributed by atoms with Crippen LogP contribution in [0.4, 0.5) is 8.78 Å². The number of hydrogen-bond donors (Lipinski definition) is 0. The Bertz CT molecular complexity index is 525. The largest absolute Gasteiger partial charge is 0.299 e. The van der Waals surface area contributed by atoms with Crippen LogP contribution < -0.4 is 0 Å². The summed E-state index contributed by atoms with van der Waals surface area (Å²) in [4.78, 5) is 15.6. The second-order valence-corrected chi connectivity index (χ2v) is 4.55. The molecule has 0 saturated carbocycles. The number of thiazole rings is 1. The van der Waals surface area contributed by atoms with Crippen molar-refractivity contribution in [2.75, 3.05) is 0 Å². The third-order valence-corrected chi connectivity index (χ3v) is 3.00. The monoisotopic (exact) mass is 253 g/mol. The Morgan fingerprint density at radius 2 is 2.06 bits per heavy atom. The van der Waals surface area contributed by atoms with E-state index in [1.165, 1.54) is 17.4 Å².